The fourth-order valence-electron chi connectivity index (χ4n) is 3.67. The zero-order valence-corrected chi connectivity index (χ0v) is 13.1. The van der Waals surface area contributed by atoms with Crippen molar-refractivity contribution in [2.45, 2.75) is 37.7 Å². The van der Waals surface area contributed by atoms with E-state index < -0.39 is 10.5 Å². The van der Waals surface area contributed by atoms with Gasteiger partial charge in [-0.25, -0.2) is 0 Å². The van der Waals surface area contributed by atoms with Crippen molar-refractivity contribution in [1.29, 1.82) is 0 Å². The highest BCUT2D eigenvalue weighted by Crippen LogP contribution is 2.34. The van der Waals surface area contributed by atoms with E-state index in [1.807, 2.05) is 6.92 Å². The molecule has 4 rings (SSSR count). The summed E-state index contributed by atoms with van der Waals surface area (Å²) in [5.74, 6) is -0.543. The highest BCUT2D eigenvalue weighted by atomic mass is 16.7. The van der Waals surface area contributed by atoms with Crippen molar-refractivity contribution in [1.82, 2.24) is 14.5 Å². The van der Waals surface area contributed by atoms with Crippen LogP contribution >= 0.6 is 0 Å². The van der Waals surface area contributed by atoms with Crippen LogP contribution in [0.3, 0.4) is 0 Å². The monoisotopic (exact) mass is 324 g/mol. The quantitative estimate of drug-likeness (QED) is 0.599. The fraction of sp³-hybridized carbons (Fsp3) is 0.786. The normalized spacial score (nSPS) is 29.6. The molecule has 0 radical (unpaired) electrons. The number of hydrogen-bond acceptors (Lipinski definition) is 7. The predicted octanol–water partition coefficient (Wildman–Crippen LogP) is 0.781. The minimum absolute atomic E-state index is 0.169. The lowest BCUT2D eigenvalue weighted by Crippen LogP contribution is -2.51. The maximum atomic E-state index is 10.7. The third kappa shape index (κ3) is 2.68. The highest BCUT2D eigenvalue weighted by molar-refractivity contribution is 5.23. The van der Waals surface area contributed by atoms with Crippen LogP contribution in [0.15, 0.2) is 6.20 Å². The lowest BCUT2D eigenvalue weighted by molar-refractivity contribution is -0.389. The minimum atomic E-state index is -0.502. The van der Waals surface area contributed by atoms with Crippen molar-refractivity contribution in [3.8, 4) is 6.01 Å². The van der Waals surface area contributed by atoms with E-state index in [-0.39, 0.29) is 11.6 Å². The van der Waals surface area contributed by atoms with Crippen LogP contribution in [0.2, 0.25) is 0 Å². The lowest BCUT2D eigenvalue weighted by atomic mass is 10.0. The molecule has 9 heteroatoms. The molecule has 0 N–H and O–H groups in total. The standard InChI is InChI=1S/C14H20N4O5/c1-13(10-17-8-11(18(19)20)15-12(17)23-13)9-16-4-2-14(3-5-16)21-6-7-22-14/h8H,2-7,9-10H2,1H3. The van der Waals surface area contributed by atoms with Crippen molar-refractivity contribution in [3.63, 3.8) is 0 Å². The highest BCUT2D eigenvalue weighted by Gasteiger charge is 2.44. The van der Waals surface area contributed by atoms with Crippen LogP contribution in [-0.4, -0.2) is 63.6 Å². The van der Waals surface area contributed by atoms with Crippen molar-refractivity contribution < 1.29 is 19.1 Å². The third-order valence-corrected chi connectivity index (χ3v) is 4.75. The van der Waals surface area contributed by atoms with Crippen molar-refractivity contribution in [2.24, 2.45) is 0 Å². The maximum Gasteiger partial charge on any atom is 0.415 e. The minimum Gasteiger partial charge on any atom is -0.436 e. The number of nitrogens with zero attached hydrogens (tertiary/aromatic N) is 4. The second kappa shape index (κ2) is 5.15. The molecular weight excluding hydrogens is 304 g/mol. The van der Waals surface area contributed by atoms with Gasteiger partial charge in [0.15, 0.2) is 5.79 Å². The number of rotatable bonds is 3. The Hall–Kier alpha value is -1.71. The Labute approximate surface area is 133 Å². The van der Waals surface area contributed by atoms with Gasteiger partial charge in [-0.2, -0.15) is 0 Å². The van der Waals surface area contributed by atoms with Crippen LogP contribution in [0, 0.1) is 10.1 Å². The van der Waals surface area contributed by atoms with Crippen LogP contribution in [0.25, 0.3) is 0 Å². The molecule has 3 aliphatic rings. The van der Waals surface area contributed by atoms with E-state index >= 15 is 0 Å². The fourth-order valence-corrected chi connectivity index (χ4v) is 3.67. The Morgan fingerprint density at radius 3 is 2.65 bits per heavy atom. The van der Waals surface area contributed by atoms with Crippen LogP contribution in [0.4, 0.5) is 5.82 Å². The number of likely N-dealkylation sites (tertiary alicyclic amines) is 1. The zero-order chi connectivity index (χ0) is 16.1. The summed E-state index contributed by atoms with van der Waals surface area (Å²) < 4.78 is 19.1. The van der Waals surface area contributed by atoms with E-state index in [0.29, 0.717) is 25.8 Å². The molecule has 126 valence electrons. The molecule has 1 unspecified atom stereocenters. The largest absolute Gasteiger partial charge is 0.436 e. The van der Waals surface area contributed by atoms with E-state index in [9.17, 15) is 10.1 Å². The van der Waals surface area contributed by atoms with Gasteiger partial charge in [0.1, 0.15) is 11.8 Å². The van der Waals surface area contributed by atoms with Crippen LogP contribution in [0.5, 0.6) is 6.01 Å². The molecule has 0 bridgehead atoms. The summed E-state index contributed by atoms with van der Waals surface area (Å²) in [7, 11) is 0. The molecule has 1 aromatic rings. The molecule has 0 saturated carbocycles. The Morgan fingerprint density at radius 2 is 2.04 bits per heavy atom. The zero-order valence-electron chi connectivity index (χ0n) is 13.1. The van der Waals surface area contributed by atoms with Gasteiger partial charge in [-0.1, -0.05) is 0 Å². The molecular formula is C14H20N4O5. The number of piperidine rings is 1. The number of imidazole rings is 1. The summed E-state index contributed by atoms with van der Waals surface area (Å²) in [4.78, 5) is 16.5. The SMILES string of the molecule is CC1(CN2CCC3(CC2)OCCO3)Cn2cc([N+](=O)[O-])nc2O1. The van der Waals surface area contributed by atoms with E-state index in [1.54, 1.807) is 4.57 Å². The molecule has 3 aliphatic heterocycles. The molecule has 23 heavy (non-hydrogen) atoms. The van der Waals surface area contributed by atoms with Crippen molar-refractivity contribution >= 4 is 5.82 Å². The first-order valence-electron chi connectivity index (χ1n) is 7.88. The van der Waals surface area contributed by atoms with Gasteiger partial charge in [0.2, 0.25) is 0 Å². The van der Waals surface area contributed by atoms with E-state index in [1.165, 1.54) is 6.20 Å². The number of aromatic nitrogens is 2. The molecule has 1 spiro atoms. The van der Waals surface area contributed by atoms with Gasteiger partial charge in [0.25, 0.3) is 0 Å². The van der Waals surface area contributed by atoms with Gasteiger partial charge >= 0.3 is 11.8 Å². The average molecular weight is 324 g/mol. The Bertz CT molecular complexity index is 591. The van der Waals surface area contributed by atoms with E-state index in [4.69, 9.17) is 14.2 Å². The van der Waals surface area contributed by atoms with Gasteiger partial charge < -0.3 is 24.3 Å². The first-order chi connectivity index (χ1) is 11.0. The first kappa shape index (κ1) is 14.9. The first-order valence-corrected chi connectivity index (χ1v) is 7.88. The van der Waals surface area contributed by atoms with E-state index in [0.717, 1.165) is 32.5 Å². The molecule has 0 aromatic carbocycles. The molecule has 2 fully saturated rings. The molecule has 0 amide bonds. The van der Waals surface area contributed by atoms with E-state index in [2.05, 4.69) is 9.88 Å². The summed E-state index contributed by atoms with van der Waals surface area (Å²) in [6.45, 7) is 6.47. The molecule has 1 aromatic heterocycles. The summed E-state index contributed by atoms with van der Waals surface area (Å²) in [6.07, 6.45) is 3.16. The molecule has 4 heterocycles. The molecule has 1 atom stereocenters. The van der Waals surface area contributed by atoms with Crippen molar-refractivity contribution in [2.75, 3.05) is 32.8 Å². The lowest BCUT2D eigenvalue weighted by Gasteiger charge is -2.39. The number of fused-ring (bicyclic) bond motifs is 1. The van der Waals surface area contributed by atoms with Gasteiger partial charge in [0, 0.05) is 37.5 Å². The molecule has 0 aliphatic carbocycles. The summed E-state index contributed by atoms with van der Waals surface area (Å²) >= 11 is 0. The topological polar surface area (TPSA) is 91.9 Å². The van der Waals surface area contributed by atoms with Gasteiger partial charge in [-0.05, 0) is 11.8 Å². The van der Waals surface area contributed by atoms with Gasteiger partial charge in [-0.15, -0.1) is 0 Å². The van der Waals surface area contributed by atoms with Gasteiger partial charge in [0.05, 0.1) is 19.8 Å². The predicted molar refractivity (Wildman–Crippen MR) is 78.2 cm³/mol. The summed E-state index contributed by atoms with van der Waals surface area (Å²) in [5, 5.41) is 10.7. The van der Waals surface area contributed by atoms with Crippen LogP contribution in [-0.2, 0) is 16.0 Å². The summed E-state index contributed by atoms with van der Waals surface area (Å²) in [6, 6.07) is 0.329. The second-order valence-electron chi connectivity index (χ2n) is 6.70. The number of hydrogen-bond donors (Lipinski definition) is 0. The Kier molecular flexibility index (Phi) is 3.33. The van der Waals surface area contributed by atoms with Crippen LogP contribution in [0.1, 0.15) is 19.8 Å². The van der Waals surface area contributed by atoms with Crippen molar-refractivity contribution in [3.05, 3.63) is 16.3 Å². The Morgan fingerprint density at radius 1 is 1.35 bits per heavy atom. The van der Waals surface area contributed by atoms with Gasteiger partial charge in [-0.3, -0.25) is 9.47 Å². The maximum absolute atomic E-state index is 10.7. The molecule has 9 nitrogen and oxygen atoms in total. The third-order valence-electron chi connectivity index (χ3n) is 4.75. The molecule has 2 saturated heterocycles. The smallest absolute Gasteiger partial charge is 0.415 e. The number of nitro groups is 1. The average Bonchev–Trinajstić information content (AvgIpc) is 3.16. The second-order valence-corrected chi connectivity index (χ2v) is 6.70. The van der Waals surface area contributed by atoms with Crippen LogP contribution < -0.4 is 4.74 Å². The Balaban J connectivity index is 1.36. The summed E-state index contributed by atoms with van der Waals surface area (Å²) in [5.41, 5.74) is -0.417. The number of ether oxygens (including phenoxy) is 3.